The molecule has 134 valence electrons. The maximum absolute atomic E-state index is 12.5. The van der Waals surface area contributed by atoms with Gasteiger partial charge >= 0.3 is 6.18 Å². The lowest BCUT2D eigenvalue weighted by Gasteiger charge is -2.14. The molecule has 1 heterocycles. The van der Waals surface area contributed by atoms with E-state index in [-0.39, 0.29) is 11.9 Å². The molecular weight excluding hydrogens is 399 g/mol. The number of nitrogens with one attached hydrogen (secondary N) is 1. The normalized spacial score (nSPS) is 13.0. The molecule has 0 aliphatic carbocycles. The highest BCUT2D eigenvalue weighted by Crippen LogP contribution is 2.29. The Bertz CT molecular complexity index is 733. The molecule has 0 saturated carbocycles. The quantitative estimate of drug-likeness (QED) is 0.501. The molecule has 0 spiro atoms. The summed E-state index contributed by atoms with van der Waals surface area (Å²) >= 11 is 3.44. The van der Waals surface area contributed by atoms with Gasteiger partial charge in [0.05, 0.1) is 22.4 Å². The number of rotatable bonds is 6. The minimum Gasteiger partial charge on any atom is -0.490 e. The molecular formula is C17H17BrF3N3O. The third kappa shape index (κ3) is 5.74. The predicted octanol–water partition coefficient (Wildman–Crippen LogP) is 5.49. The first-order chi connectivity index (χ1) is 11.8. The second kappa shape index (κ2) is 8.33. The standard InChI is InChI=1S/C17H17BrF3N3O/c1-3-11(2)25-15-6-4-12(8-14(15)18)9-23-24-16-7-5-13(10-22-16)17(19,20)21/h4-11H,3H2,1-2H3,(H,22,24)/b23-9-/t11-/m0/s1. The van der Waals surface area contributed by atoms with Crippen LogP contribution in [0.3, 0.4) is 0 Å². The van der Waals surface area contributed by atoms with Crippen molar-refractivity contribution >= 4 is 28.0 Å². The van der Waals surface area contributed by atoms with Crippen molar-refractivity contribution in [3.8, 4) is 5.75 Å². The van der Waals surface area contributed by atoms with E-state index in [9.17, 15) is 13.2 Å². The molecule has 0 fully saturated rings. The molecule has 2 aromatic rings. The summed E-state index contributed by atoms with van der Waals surface area (Å²) in [4.78, 5) is 3.68. The van der Waals surface area contributed by atoms with Crippen LogP contribution in [-0.2, 0) is 6.18 Å². The van der Waals surface area contributed by atoms with Gasteiger partial charge < -0.3 is 4.74 Å². The van der Waals surface area contributed by atoms with Crippen LogP contribution in [-0.4, -0.2) is 17.3 Å². The average Bonchev–Trinajstić information content (AvgIpc) is 2.57. The number of hydrazone groups is 1. The topological polar surface area (TPSA) is 46.5 Å². The highest BCUT2D eigenvalue weighted by Gasteiger charge is 2.30. The van der Waals surface area contributed by atoms with Crippen molar-refractivity contribution in [2.24, 2.45) is 5.10 Å². The van der Waals surface area contributed by atoms with Crippen molar-refractivity contribution in [2.45, 2.75) is 32.5 Å². The van der Waals surface area contributed by atoms with E-state index in [0.29, 0.717) is 0 Å². The highest BCUT2D eigenvalue weighted by atomic mass is 79.9. The Kier molecular flexibility index (Phi) is 6.41. The van der Waals surface area contributed by atoms with E-state index in [2.05, 4.69) is 31.4 Å². The third-order valence-corrected chi connectivity index (χ3v) is 3.96. The van der Waals surface area contributed by atoms with Crippen LogP contribution in [0.5, 0.6) is 5.75 Å². The van der Waals surface area contributed by atoms with Crippen molar-refractivity contribution in [3.05, 3.63) is 52.1 Å². The van der Waals surface area contributed by atoms with Gasteiger partial charge in [0.25, 0.3) is 0 Å². The summed E-state index contributed by atoms with van der Waals surface area (Å²) in [6.07, 6.45) is -1.09. The lowest BCUT2D eigenvalue weighted by molar-refractivity contribution is -0.137. The van der Waals surface area contributed by atoms with Gasteiger partial charge in [-0.05, 0) is 65.2 Å². The molecule has 1 atom stereocenters. The summed E-state index contributed by atoms with van der Waals surface area (Å²) in [7, 11) is 0. The predicted molar refractivity (Wildman–Crippen MR) is 95.0 cm³/mol. The van der Waals surface area contributed by atoms with Crippen LogP contribution >= 0.6 is 15.9 Å². The lowest BCUT2D eigenvalue weighted by Crippen LogP contribution is -2.10. The first-order valence-corrected chi connectivity index (χ1v) is 8.37. The monoisotopic (exact) mass is 415 g/mol. The van der Waals surface area contributed by atoms with Crippen LogP contribution < -0.4 is 10.2 Å². The minimum absolute atomic E-state index is 0.114. The number of alkyl halides is 3. The van der Waals surface area contributed by atoms with Crippen molar-refractivity contribution < 1.29 is 17.9 Å². The molecule has 0 bridgehead atoms. The molecule has 0 aliphatic rings. The van der Waals surface area contributed by atoms with Crippen LogP contribution in [0.25, 0.3) is 0 Å². The van der Waals surface area contributed by atoms with Gasteiger partial charge in [0.2, 0.25) is 0 Å². The Labute approximate surface area is 152 Å². The first-order valence-electron chi connectivity index (χ1n) is 7.58. The van der Waals surface area contributed by atoms with Crippen LogP contribution in [0, 0.1) is 0 Å². The Morgan fingerprint density at radius 2 is 2.08 bits per heavy atom. The maximum Gasteiger partial charge on any atom is 0.417 e. The van der Waals surface area contributed by atoms with E-state index in [4.69, 9.17) is 4.74 Å². The fourth-order valence-corrected chi connectivity index (χ4v) is 2.28. The molecule has 25 heavy (non-hydrogen) atoms. The number of halogens is 4. The van der Waals surface area contributed by atoms with E-state index in [1.54, 1.807) is 0 Å². The van der Waals surface area contributed by atoms with Crippen LogP contribution in [0.15, 0.2) is 46.1 Å². The van der Waals surface area contributed by atoms with Crippen molar-refractivity contribution in [1.29, 1.82) is 0 Å². The fourth-order valence-electron chi connectivity index (χ4n) is 1.79. The second-order valence-electron chi connectivity index (χ2n) is 5.33. The number of hydrogen-bond donors (Lipinski definition) is 1. The van der Waals surface area contributed by atoms with E-state index in [1.807, 2.05) is 32.0 Å². The van der Waals surface area contributed by atoms with Gasteiger partial charge in [-0.3, -0.25) is 5.43 Å². The summed E-state index contributed by atoms with van der Waals surface area (Å²) in [5, 5.41) is 3.97. The molecule has 0 aliphatic heterocycles. The molecule has 0 unspecified atom stereocenters. The lowest BCUT2D eigenvalue weighted by atomic mass is 10.2. The minimum atomic E-state index is -4.40. The third-order valence-electron chi connectivity index (χ3n) is 3.34. The maximum atomic E-state index is 12.5. The van der Waals surface area contributed by atoms with E-state index in [1.165, 1.54) is 12.3 Å². The zero-order valence-electron chi connectivity index (χ0n) is 13.6. The van der Waals surface area contributed by atoms with E-state index in [0.717, 1.165) is 34.5 Å². The molecule has 0 amide bonds. The van der Waals surface area contributed by atoms with Gasteiger partial charge in [-0.2, -0.15) is 18.3 Å². The molecule has 0 radical (unpaired) electrons. The zero-order valence-corrected chi connectivity index (χ0v) is 15.2. The SMILES string of the molecule is CC[C@H](C)Oc1ccc(/C=N\Nc2ccc(C(F)(F)F)cn2)cc1Br. The fraction of sp³-hybridized carbons (Fsp3) is 0.294. The van der Waals surface area contributed by atoms with Crippen molar-refractivity contribution in [3.63, 3.8) is 0 Å². The molecule has 1 N–H and O–H groups in total. The summed E-state index contributed by atoms with van der Waals surface area (Å²) in [5.41, 5.74) is 2.58. The van der Waals surface area contributed by atoms with Gasteiger partial charge in [-0.1, -0.05) is 6.92 Å². The Morgan fingerprint density at radius 1 is 1.32 bits per heavy atom. The van der Waals surface area contributed by atoms with Crippen LogP contribution in [0.1, 0.15) is 31.4 Å². The molecule has 2 rings (SSSR count). The Balaban J connectivity index is 1.99. The number of aromatic nitrogens is 1. The second-order valence-corrected chi connectivity index (χ2v) is 6.18. The number of anilines is 1. The summed E-state index contributed by atoms with van der Waals surface area (Å²) in [6, 6.07) is 7.66. The highest BCUT2D eigenvalue weighted by molar-refractivity contribution is 9.10. The Morgan fingerprint density at radius 3 is 2.64 bits per heavy atom. The number of pyridine rings is 1. The number of hydrogen-bond acceptors (Lipinski definition) is 4. The van der Waals surface area contributed by atoms with Gasteiger partial charge in [-0.15, -0.1) is 0 Å². The first kappa shape index (κ1) is 19.2. The molecule has 1 aromatic carbocycles. The molecule has 8 heteroatoms. The van der Waals surface area contributed by atoms with Gasteiger partial charge in [0, 0.05) is 6.20 Å². The molecule has 4 nitrogen and oxygen atoms in total. The van der Waals surface area contributed by atoms with Gasteiger partial charge in [0.1, 0.15) is 11.6 Å². The van der Waals surface area contributed by atoms with Crippen LogP contribution in [0.2, 0.25) is 0 Å². The molecule has 1 aromatic heterocycles. The molecule has 0 saturated heterocycles. The summed E-state index contributed by atoms with van der Waals surface area (Å²) < 4.78 is 43.9. The van der Waals surface area contributed by atoms with E-state index < -0.39 is 11.7 Å². The number of nitrogens with zero attached hydrogens (tertiary/aromatic N) is 2. The van der Waals surface area contributed by atoms with Gasteiger partial charge in [0.15, 0.2) is 0 Å². The van der Waals surface area contributed by atoms with Crippen molar-refractivity contribution in [1.82, 2.24) is 4.98 Å². The number of benzene rings is 1. The smallest absolute Gasteiger partial charge is 0.417 e. The average molecular weight is 416 g/mol. The van der Waals surface area contributed by atoms with E-state index >= 15 is 0 Å². The van der Waals surface area contributed by atoms with Crippen LogP contribution in [0.4, 0.5) is 19.0 Å². The summed E-state index contributed by atoms with van der Waals surface area (Å²) in [6.45, 7) is 4.03. The zero-order chi connectivity index (χ0) is 18.4. The largest absolute Gasteiger partial charge is 0.490 e. The van der Waals surface area contributed by atoms with Crippen molar-refractivity contribution in [2.75, 3.05) is 5.43 Å². The summed E-state index contributed by atoms with van der Waals surface area (Å²) in [5.74, 6) is 0.962. The number of ether oxygens (including phenoxy) is 1. The van der Waals surface area contributed by atoms with Gasteiger partial charge in [-0.25, -0.2) is 4.98 Å². The Hall–Kier alpha value is -2.09.